The number of aromatic nitrogens is 1. The van der Waals surface area contributed by atoms with E-state index in [-0.39, 0.29) is 29.8 Å². The fraction of sp³-hybridized carbons (Fsp3) is 0.304. The van der Waals surface area contributed by atoms with Gasteiger partial charge in [0.05, 0.1) is 4.91 Å². The molecule has 1 aromatic carbocycles. The molecule has 3 amide bonds. The first-order valence-electron chi connectivity index (χ1n) is 10.3. The Bertz CT molecular complexity index is 1160. The topological polar surface area (TPSA) is 79.7 Å². The largest absolute Gasteiger partial charge is 0.340 e. The number of pyridine rings is 1. The minimum absolute atomic E-state index is 0.00464. The Morgan fingerprint density at radius 3 is 2.61 bits per heavy atom. The van der Waals surface area contributed by atoms with Crippen LogP contribution in [-0.4, -0.2) is 51.1 Å². The van der Waals surface area contributed by atoms with Gasteiger partial charge in [-0.2, -0.15) is 0 Å². The first-order valence-corrected chi connectivity index (χ1v) is 11.1. The zero-order chi connectivity index (χ0) is 21.5. The molecule has 0 spiro atoms. The Balaban J connectivity index is 1.30. The van der Waals surface area contributed by atoms with Crippen LogP contribution >= 0.6 is 11.8 Å². The minimum atomic E-state index is -0.429. The number of hydrogen-bond acceptors (Lipinski definition) is 5. The number of carbonyl (C=O) groups is 3. The zero-order valence-corrected chi connectivity index (χ0v) is 17.6. The average Bonchev–Trinajstić information content (AvgIpc) is 3.02. The van der Waals surface area contributed by atoms with Crippen molar-refractivity contribution in [2.24, 2.45) is 5.92 Å². The maximum absolute atomic E-state index is 13.0. The summed E-state index contributed by atoms with van der Waals surface area (Å²) >= 11 is 0.864. The maximum atomic E-state index is 13.0. The molecule has 7 nitrogen and oxygen atoms in total. The van der Waals surface area contributed by atoms with Crippen molar-refractivity contribution in [2.75, 3.05) is 19.6 Å². The number of likely N-dealkylation sites (tertiary alicyclic amines) is 1. The lowest BCUT2D eigenvalue weighted by atomic mass is 9.83. The summed E-state index contributed by atoms with van der Waals surface area (Å²) in [7, 11) is 0. The number of piperidine rings is 1. The summed E-state index contributed by atoms with van der Waals surface area (Å²) in [6.45, 7) is 1.37. The molecule has 31 heavy (non-hydrogen) atoms. The van der Waals surface area contributed by atoms with Crippen molar-refractivity contribution in [2.45, 2.75) is 18.9 Å². The molecule has 2 atom stereocenters. The zero-order valence-electron chi connectivity index (χ0n) is 16.8. The predicted octanol–water partition coefficient (Wildman–Crippen LogP) is 2.53. The van der Waals surface area contributed by atoms with Crippen LogP contribution in [0.2, 0.25) is 0 Å². The Labute approximate surface area is 183 Å². The molecule has 3 aliphatic heterocycles. The molecule has 8 heteroatoms. The number of benzene rings is 1. The van der Waals surface area contributed by atoms with Crippen molar-refractivity contribution >= 4 is 34.9 Å². The van der Waals surface area contributed by atoms with Crippen LogP contribution in [0.5, 0.6) is 0 Å². The van der Waals surface area contributed by atoms with Gasteiger partial charge in [0.25, 0.3) is 16.7 Å². The van der Waals surface area contributed by atoms with Crippen molar-refractivity contribution in [1.29, 1.82) is 0 Å². The van der Waals surface area contributed by atoms with Gasteiger partial charge < -0.3 is 9.47 Å². The highest BCUT2D eigenvalue weighted by Gasteiger charge is 2.40. The van der Waals surface area contributed by atoms with Crippen LogP contribution < -0.4 is 5.56 Å². The third-order valence-corrected chi connectivity index (χ3v) is 7.00. The lowest BCUT2D eigenvalue weighted by molar-refractivity contribution is -0.138. The highest BCUT2D eigenvalue weighted by atomic mass is 32.2. The van der Waals surface area contributed by atoms with Crippen LogP contribution in [0.15, 0.2) is 58.2 Å². The third kappa shape index (κ3) is 3.72. The average molecular weight is 436 g/mol. The molecule has 0 radical (unpaired) electrons. The molecule has 5 rings (SSSR count). The van der Waals surface area contributed by atoms with Gasteiger partial charge in [0.2, 0.25) is 5.91 Å². The summed E-state index contributed by atoms with van der Waals surface area (Å²) in [6, 6.07) is 14.6. The van der Waals surface area contributed by atoms with Crippen molar-refractivity contribution < 1.29 is 14.4 Å². The first kappa shape index (κ1) is 19.8. The number of amides is 3. The Kier molecular flexibility index (Phi) is 5.02. The molecule has 4 heterocycles. The SMILES string of the molecule is O=C(CN1C(=O)SC(=Cc2ccccc2)C1=O)N1CC2CC(C1)c1cccc(=O)n1C2. The number of fused-ring (bicyclic) bond motifs is 4. The van der Waals surface area contributed by atoms with E-state index in [1.165, 1.54) is 0 Å². The van der Waals surface area contributed by atoms with E-state index in [9.17, 15) is 19.2 Å². The van der Waals surface area contributed by atoms with E-state index in [1.807, 2.05) is 41.0 Å². The number of nitrogens with zero attached hydrogens (tertiary/aromatic N) is 3. The van der Waals surface area contributed by atoms with Gasteiger partial charge in [-0.05, 0) is 41.8 Å². The van der Waals surface area contributed by atoms with Crippen LogP contribution in [-0.2, 0) is 16.1 Å². The van der Waals surface area contributed by atoms with E-state index < -0.39 is 11.1 Å². The Hall–Kier alpha value is -3.13. The second-order valence-electron chi connectivity index (χ2n) is 8.18. The van der Waals surface area contributed by atoms with Gasteiger partial charge >= 0.3 is 0 Å². The lowest BCUT2D eigenvalue weighted by Gasteiger charge is -2.43. The van der Waals surface area contributed by atoms with Gasteiger partial charge in [-0.3, -0.25) is 24.1 Å². The van der Waals surface area contributed by atoms with Crippen molar-refractivity contribution in [1.82, 2.24) is 14.4 Å². The standard InChI is InChI=1S/C23H21N3O4S/c27-20-8-4-7-18-17-9-16(12-25(18)20)11-24(13-17)21(28)14-26-22(29)19(31-23(26)30)10-15-5-2-1-3-6-15/h1-8,10,16-17H,9,11-14H2. The van der Waals surface area contributed by atoms with Gasteiger partial charge in [-0.1, -0.05) is 36.4 Å². The summed E-state index contributed by atoms with van der Waals surface area (Å²) < 4.78 is 1.81. The van der Waals surface area contributed by atoms with Crippen LogP contribution in [0, 0.1) is 5.92 Å². The Morgan fingerprint density at radius 1 is 1.00 bits per heavy atom. The fourth-order valence-electron chi connectivity index (χ4n) is 4.67. The second kappa shape index (κ2) is 7.85. The lowest BCUT2D eigenvalue weighted by Crippen LogP contribution is -2.51. The third-order valence-electron chi connectivity index (χ3n) is 6.10. The highest BCUT2D eigenvalue weighted by molar-refractivity contribution is 8.18. The van der Waals surface area contributed by atoms with Gasteiger partial charge in [0.15, 0.2) is 0 Å². The van der Waals surface area contributed by atoms with Crippen LogP contribution in [0.4, 0.5) is 4.79 Å². The van der Waals surface area contributed by atoms with Crippen molar-refractivity contribution in [3.63, 3.8) is 0 Å². The van der Waals surface area contributed by atoms with Gasteiger partial charge in [0, 0.05) is 37.3 Å². The van der Waals surface area contributed by atoms with E-state index in [0.717, 1.165) is 34.3 Å². The van der Waals surface area contributed by atoms with Gasteiger partial charge in [-0.25, -0.2) is 0 Å². The van der Waals surface area contributed by atoms with Crippen LogP contribution in [0.1, 0.15) is 23.6 Å². The first-order chi connectivity index (χ1) is 15.0. The van der Waals surface area contributed by atoms with Crippen LogP contribution in [0.25, 0.3) is 6.08 Å². The number of rotatable bonds is 3. The molecule has 2 saturated heterocycles. The quantitative estimate of drug-likeness (QED) is 0.693. The summed E-state index contributed by atoms with van der Waals surface area (Å²) in [5.74, 6) is -0.368. The number of hydrogen-bond donors (Lipinski definition) is 0. The second-order valence-corrected chi connectivity index (χ2v) is 9.17. The number of carbonyl (C=O) groups excluding carboxylic acids is 3. The summed E-state index contributed by atoms with van der Waals surface area (Å²) in [4.78, 5) is 53.4. The Morgan fingerprint density at radius 2 is 1.81 bits per heavy atom. The molecular formula is C23H21N3O4S. The van der Waals surface area contributed by atoms with Gasteiger partial charge in [-0.15, -0.1) is 0 Å². The van der Waals surface area contributed by atoms with Gasteiger partial charge in [0.1, 0.15) is 6.54 Å². The molecular weight excluding hydrogens is 414 g/mol. The van der Waals surface area contributed by atoms with E-state index >= 15 is 0 Å². The van der Waals surface area contributed by atoms with Crippen LogP contribution in [0.3, 0.4) is 0 Å². The van der Waals surface area contributed by atoms with E-state index in [0.29, 0.717) is 24.5 Å². The van der Waals surface area contributed by atoms with E-state index in [4.69, 9.17) is 0 Å². The predicted molar refractivity (Wildman–Crippen MR) is 117 cm³/mol. The summed E-state index contributed by atoms with van der Waals surface area (Å²) in [5, 5.41) is -0.422. The summed E-state index contributed by atoms with van der Waals surface area (Å²) in [5.41, 5.74) is 1.78. The smallest absolute Gasteiger partial charge is 0.294 e. The molecule has 0 saturated carbocycles. The van der Waals surface area contributed by atoms with E-state index in [2.05, 4.69) is 0 Å². The fourth-order valence-corrected chi connectivity index (χ4v) is 5.51. The normalized spacial score (nSPS) is 23.9. The molecule has 0 N–H and O–H groups in total. The summed E-state index contributed by atoms with van der Waals surface area (Å²) in [6.07, 6.45) is 2.62. The molecule has 2 unspecified atom stereocenters. The molecule has 1 aromatic heterocycles. The van der Waals surface area contributed by atoms with E-state index in [1.54, 1.807) is 23.1 Å². The molecule has 0 aliphatic carbocycles. The molecule has 2 bridgehead atoms. The minimum Gasteiger partial charge on any atom is -0.340 e. The molecule has 3 aliphatic rings. The monoisotopic (exact) mass is 435 g/mol. The van der Waals surface area contributed by atoms with Crippen molar-refractivity contribution in [3.8, 4) is 0 Å². The maximum Gasteiger partial charge on any atom is 0.294 e. The number of imide groups is 1. The highest BCUT2D eigenvalue weighted by Crippen LogP contribution is 2.36. The molecule has 158 valence electrons. The van der Waals surface area contributed by atoms with Crippen molar-refractivity contribution in [3.05, 3.63) is 75.0 Å². The molecule has 2 fully saturated rings. The number of thioether (sulfide) groups is 1. The molecule has 2 aromatic rings.